The molecule has 4 rings (SSSR count). The molecule has 0 spiro atoms. The maximum absolute atomic E-state index is 13.8. The van der Waals surface area contributed by atoms with E-state index >= 15 is 0 Å². The second-order valence-corrected chi connectivity index (χ2v) is 9.10. The van der Waals surface area contributed by atoms with Crippen molar-refractivity contribution in [3.63, 3.8) is 0 Å². The lowest BCUT2D eigenvalue weighted by Crippen LogP contribution is -2.47. The predicted octanol–water partition coefficient (Wildman–Crippen LogP) is 5.04. The number of rotatable bonds is 10. The first-order valence-corrected chi connectivity index (χ1v) is 12.6. The van der Waals surface area contributed by atoms with Gasteiger partial charge in [-0.15, -0.1) is 0 Å². The first-order valence-electron chi connectivity index (χ1n) is 12.6. The minimum Gasteiger partial charge on any atom is -0.497 e. The Labute approximate surface area is 224 Å². The van der Waals surface area contributed by atoms with Crippen molar-refractivity contribution in [1.82, 2.24) is 4.90 Å². The molecule has 0 bridgehead atoms. The van der Waals surface area contributed by atoms with Crippen LogP contribution >= 0.6 is 0 Å². The van der Waals surface area contributed by atoms with Gasteiger partial charge in [0.25, 0.3) is 5.91 Å². The van der Waals surface area contributed by atoms with Crippen LogP contribution in [0.15, 0.2) is 60.7 Å². The summed E-state index contributed by atoms with van der Waals surface area (Å²) >= 11 is 0. The van der Waals surface area contributed by atoms with E-state index in [2.05, 4.69) is 4.90 Å². The van der Waals surface area contributed by atoms with Crippen molar-refractivity contribution in [3.05, 3.63) is 71.8 Å². The number of ether oxygens (including phenoxy) is 5. The molecule has 0 saturated carbocycles. The van der Waals surface area contributed by atoms with Crippen molar-refractivity contribution in [2.75, 3.05) is 53.5 Å². The lowest BCUT2D eigenvalue weighted by atomic mass is 10.00. The van der Waals surface area contributed by atoms with Crippen molar-refractivity contribution in [2.24, 2.45) is 0 Å². The minimum atomic E-state index is -0.0298. The Bertz CT molecular complexity index is 1200. The number of carbonyl (C=O) groups is 1. The SMILES string of the molecule is COc1ccc(C(=O)N(c2ccc(OC)cc2)C2CCN(Cc3ccc(OC)c(OC)c3OC)CC2)cc1. The summed E-state index contributed by atoms with van der Waals surface area (Å²) in [4.78, 5) is 18.1. The molecule has 0 aromatic heterocycles. The smallest absolute Gasteiger partial charge is 0.258 e. The summed E-state index contributed by atoms with van der Waals surface area (Å²) in [6, 6.07) is 18.9. The molecular weight excluding hydrogens is 484 g/mol. The molecule has 8 heteroatoms. The molecule has 38 heavy (non-hydrogen) atoms. The van der Waals surface area contributed by atoms with Crippen LogP contribution in [-0.2, 0) is 6.54 Å². The van der Waals surface area contributed by atoms with Gasteiger partial charge in [0.1, 0.15) is 11.5 Å². The summed E-state index contributed by atoms with van der Waals surface area (Å²) in [5.74, 6) is 3.36. The zero-order valence-corrected chi connectivity index (χ0v) is 22.7. The molecule has 3 aromatic carbocycles. The van der Waals surface area contributed by atoms with Gasteiger partial charge in [-0.25, -0.2) is 0 Å². The second-order valence-electron chi connectivity index (χ2n) is 9.10. The van der Waals surface area contributed by atoms with E-state index in [-0.39, 0.29) is 11.9 Å². The number of nitrogens with zero attached hydrogens (tertiary/aromatic N) is 2. The largest absolute Gasteiger partial charge is 0.497 e. The van der Waals surface area contributed by atoms with Crippen molar-refractivity contribution in [3.8, 4) is 28.7 Å². The number of anilines is 1. The molecule has 0 atom stereocenters. The molecule has 0 radical (unpaired) electrons. The van der Waals surface area contributed by atoms with E-state index in [1.54, 1.807) is 35.5 Å². The average Bonchev–Trinajstić information content (AvgIpc) is 2.98. The van der Waals surface area contributed by atoms with Gasteiger partial charge in [0.05, 0.1) is 35.5 Å². The van der Waals surface area contributed by atoms with Gasteiger partial charge in [-0.1, -0.05) is 6.07 Å². The normalized spacial score (nSPS) is 14.0. The molecule has 0 N–H and O–H groups in total. The van der Waals surface area contributed by atoms with Gasteiger partial charge in [0.15, 0.2) is 11.5 Å². The van der Waals surface area contributed by atoms with Gasteiger partial charge in [0.2, 0.25) is 5.75 Å². The van der Waals surface area contributed by atoms with Crippen molar-refractivity contribution < 1.29 is 28.5 Å². The molecular formula is C30H36N2O6. The zero-order valence-electron chi connectivity index (χ0n) is 22.7. The number of piperidine rings is 1. The molecule has 202 valence electrons. The van der Waals surface area contributed by atoms with E-state index in [1.165, 1.54) is 0 Å². The predicted molar refractivity (Wildman–Crippen MR) is 147 cm³/mol. The van der Waals surface area contributed by atoms with Crippen LogP contribution in [0, 0.1) is 0 Å². The molecule has 8 nitrogen and oxygen atoms in total. The van der Waals surface area contributed by atoms with Gasteiger partial charge in [-0.3, -0.25) is 9.69 Å². The van der Waals surface area contributed by atoms with Crippen LogP contribution in [0.3, 0.4) is 0 Å². The van der Waals surface area contributed by atoms with Crippen molar-refractivity contribution in [2.45, 2.75) is 25.4 Å². The van der Waals surface area contributed by atoms with E-state index in [0.717, 1.165) is 48.7 Å². The van der Waals surface area contributed by atoms with Crippen molar-refractivity contribution >= 4 is 11.6 Å². The summed E-state index contributed by atoms with van der Waals surface area (Å²) in [7, 11) is 8.13. The van der Waals surface area contributed by atoms with Crippen LogP contribution in [0.5, 0.6) is 28.7 Å². The summed E-state index contributed by atoms with van der Waals surface area (Å²) in [6.07, 6.45) is 1.67. The molecule has 1 heterocycles. The molecule has 0 unspecified atom stereocenters. The fourth-order valence-corrected chi connectivity index (χ4v) is 4.97. The molecule has 3 aromatic rings. The second kappa shape index (κ2) is 12.6. The summed E-state index contributed by atoms with van der Waals surface area (Å²) in [5.41, 5.74) is 2.51. The zero-order chi connectivity index (χ0) is 27.1. The minimum absolute atomic E-state index is 0.0298. The van der Waals surface area contributed by atoms with Gasteiger partial charge >= 0.3 is 0 Å². The van der Waals surface area contributed by atoms with Crippen LogP contribution in [-0.4, -0.2) is 65.5 Å². The molecule has 1 fully saturated rings. The lowest BCUT2D eigenvalue weighted by molar-refractivity contribution is 0.0958. The van der Waals surface area contributed by atoms with Crippen LogP contribution in [0.4, 0.5) is 5.69 Å². The third kappa shape index (κ3) is 5.81. The summed E-state index contributed by atoms with van der Waals surface area (Å²) < 4.78 is 27.3. The molecule has 0 aliphatic carbocycles. The van der Waals surface area contributed by atoms with Crippen LogP contribution in [0.1, 0.15) is 28.8 Å². The van der Waals surface area contributed by atoms with Crippen LogP contribution in [0.2, 0.25) is 0 Å². The maximum Gasteiger partial charge on any atom is 0.258 e. The number of benzene rings is 3. The highest BCUT2D eigenvalue weighted by Gasteiger charge is 2.30. The Balaban J connectivity index is 1.53. The fourth-order valence-electron chi connectivity index (χ4n) is 4.97. The van der Waals surface area contributed by atoms with Crippen molar-refractivity contribution in [1.29, 1.82) is 0 Å². The highest BCUT2D eigenvalue weighted by atomic mass is 16.5. The number of carbonyl (C=O) groups excluding carboxylic acids is 1. The summed E-state index contributed by atoms with van der Waals surface area (Å²) in [5, 5.41) is 0. The first kappa shape index (κ1) is 27.1. The number of methoxy groups -OCH3 is 5. The standard InChI is InChI=1S/C30H36N2O6/c1-34-25-11-6-21(7-12-25)30(33)32(23-9-13-26(35-2)14-10-23)24-16-18-31(19-17-24)20-22-8-15-27(36-3)29(38-5)28(22)37-4/h6-15,24H,16-20H2,1-5H3. The van der Waals surface area contributed by atoms with E-state index in [1.807, 2.05) is 65.6 Å². The van der Waals surface area contributed by atoms with Gasteiger partial charge in [-0.05, 0) is 67.4 Å². The van der Waals surface area contributed by atoms with E-state index in [9.17, 15) is 4.79 Å². The van der Waals surface area contributed by atoms with Crippen LogP contribution < -0.4 is 28.6 Å². The number of likely N-dealkylation sites (tertiary alicyclic amines) is 1. The van der Waals surface area contributed by atoms with Crippen LogP contribution in [0.25, 0.3) is 0 Å². The topological polar surface area (TPSA) is 69.7 Å². The molecule has 1 aliphatic rings. The van der Waals surface area contributed by atoms with E-state index in [4.69, 9.17) is 23.7 Å². The Hall–Kier alpha value is -3.91. The Morgan fingerprint density at radius 1 is 0.737 bits per heavy atom. The number of amides is 1. The first-order chi connectivity index (χ1) is 18.5. The maximum atomic E-state index is 13.8. The summed E-state index contributed by atoms with van der Waals surface area (Å²) in [6.45, 7) is 2.39. The number of hydrogen-bond donors (Lipinski definition) is 0. The highest BCUT2D eigenvalue weighted by Crippen LogP contribution is 2.40. The molecule has 1 aliphatic heterocycles. The monoisotopic (exact) mass is 520 g/mol. The average molecular weight is 521 g/mol. The van der Waals surface area contributed by atoms with E-state index < -0.39 is 0 Å². The van der Waals surface area contributed by atoms with Gasteiger partial charge in [-0.2, -0.15) is 0 Å². The Kier molecular flexibility index (Phi) is 8.97. The fraction of sp³-hybridized carbons (Fsp3) is 0.367. The Morgan fingerprint density at radius 3 is 1.84 bits per heavy atom. The number of hydrogen-bond acceptors (Lipinski definition) is 7. The highest BCUT2D eigenvalue weighted by molar-refractivity contribution is 6.06. The Morgan fingerprint density at radius 2 is 1.32 bits per heavy atom. The van der Waals surface area contributed by atoms with Gasteiger partial charge in [0, 0.05) is 42.5 Å². The third-order valence-electron chi connectivity index (χ3n) is 7.01. The lowest BCUT2D eigenvalue weighted by Gasteiger charge is -2.39. The van der Waals surface area contributed by atoms with E-state index in [0.29, 0.717) is 29.4 Å². The quantitative estimate of drug-likeness (QED) is 0.371. The van der Waals surface area contributed by atoms with Gasteiger partial charge < -0.3 is 28.6 Å². The molecule has 1 saturated heterocycles. The third-order valence-corrected chi connectivity index (χ3v) is 7.01. The molecule has 1 amide bonds.